The van der Waals surface area contributed by atoms with E-state index in [0.717, 1.165) is 10.6 Å². The van der Waals surface area contributed by atoms with Crippen molar-refractivity contribution in [3.8, 4) is 5.69 Å². The van der Waals surface area contributed by atoms with Gasteiger partial charge in [0.25, 0.3) is 5.91 Å². The van der Waals surface area contributed by atoms with Gasteiger partial charge in [0, 0.05) is 4.90 Å². The SMILES string of the molecule is CC(C)OC(=O)CNC(=O)c1ccccc1SCc1nnnn1-c1ccccc1. The molecule has 3 aromatic rings. The largest absolute Gasteiger partial charge is 0.462 e. The Kier molecular flexibility index (Phi) is 6.96. The number of nitrogens with one attached hydrogen (secondary N) is 1. The number of amides is 1. The molecule has 0 fully saturated rings. The molecule has 0 aliphatic carbocycles. The van der Waals surface area contributed by atoms with Crippen molar-refractivity contribution < 1.29 is 14.3 Å². The highest BCUT2D eigenvalue weighted by Crippen LogP contribution is 2.26. The molecule has 0 aliphatic rings. The molecule has 150 valence electrons. The van der Waals surface area contributed by atoms with Crippen LogP contribution in [0.1, 0.15) is 30.0 Å². The van der Waals surface area contributed by atoms with Crippen LogP contribution < -0.4 is 5.32 Å². The van der Waals surface area contributed by atoms with Gasteiger partial charge in [0.05, 0.1) is 23.1 Å². The lowest BCUT2D eigenvalue weighted by molar-refractivity contribution is -0.146. The minimum Gasteiger partial charge on any atom is -0.462 e. The number of para-hydroxylation sites is 1. The van der Waals surface area contributed by atoms with Crippen LogP contribution in [0.4, 0.5) is 0 Å². The van der Waals surface area contributed by atoms with E-state index in [1.54, 1.807) is 30.7 Å². The van der Waals surface area contributed by atoms with Crippen molar-refractivity contribution in [2.24, 2.45) is 0 Å². The molecule has 0 bridgehead atoms. The summed E-state index contributed by atoms with van der Waals surface area (Å²) >= 11 is 1.45. The summed E-state index contributed by atoms with van der Waals surface area (Å²) in [5.41, 5.74) is 1.34. The fourth-order valence-electron chi connectivity index (χ4n) is 2.54. The van der Waals surface area contributed by atoms with Crippen molar-refractivity contribution in [3.63, 3.8) is 0 Å². The zero-order chi connectivity index (χ0) is 20.6. The molecule has 2 aromatic carbocycles. The van der Waals surface area contributed by atoms with Crippen LogP contribution in [0.15, 0.2) is 59.5 Å². The standard InChI is InChI=1S/C20H21N5O3S/c1-14(2)28-19(26)12-21-20(27)16-10-6-7-11-17(16)29-13-18-22-23-24-25(18)15-8-4-3-5-9-15/h3-11,14H,12-13H2,1-2H3,(H,21,27). The number of nitrogens with zero attached hydrogens (tertiary/aromatic N) is 4. The van der Waals surface area contributed by atoms with E-state index in [9.17, 15) is 9.59 Å². The van der Waals surface area contributed by atoms with Crippen LogP contribution in [0, 0.1) is 0 Å². The monoisotopic (exact) mass is 411 g/mol. The molecule has 1 amide bonds. The Hall–Kier alpha value is -3.20. The molecule has 1 aromatic heterocycles. The van der Waals surface area contributed by atoms with Crippen molar-refractivity contribution in [3.05, 3.63) is 66.0 Å². The van der Waals surface area contributed by atoms with Crippen LogP contribution in [0.3, 0.4) is 0 Å². The number of rotatable bonds is 8. The summed E-state index contributed by atoms with van der Waals surface area (Å²) in [6, 6.07) is 16.8. The van der Waals surface area contributed by atoms with E-state index in [4.69, 9.17) is 4.74 Å². The van der Waals surface area contributed by atoms with Gasteiger partial charge in [0.2, 0.25) is 0 Å². The molecule has 0 unspecified atom stereocenters. The lowest BCUT2D eigenvalue weighted by Gasteiger charge is -2.11. The summed E-state index contributed by atoms with van der Waals surface area (Å²) in [6.07, 6.45) is -0.224. The van der Waals surface area contributed by atoms with Gasteiger partial charge in [0.15, 0.2) is 5.82 Å². The first kappa shape index (κ1) is 20.5. The molecule has 0 radical (unpaired) electrons. The number of hydrogen-bond donors (Lipinski definition) is 1. The Morgan fingerprint density at radius 2 is 1.83 bits per heavy atom. The van der Waals surface area contributed by atoms with Crippen molar-refractivity contribution in [2.45, 2.75) is 30.6 Å². The second-order valence-corrected chi connectivity index (χ2v) is 7.37. The summed E-state index contributed by atoms with van der Waals surface area (Å²) in [7, 11) is 0. The quantitative estimate of drug-likeness (QED) is 0.449. The number of hydrogen-bond acceptors (Lipinski definition) is 7. The average molecular weight is 411 g/mol. The van der Waals surface area contributed by atoms with Gasteiger partial charge in [-0.25, -0.2) is 0 Å². The van der Waals surface area contributed by atoms with E-state index in [-0.39, 0.29) is 18.6 Å². The van der Waals surface area contributed by atoms with Crippen molar-refractivity contribution in [2.75, 3.05) is 6.54 Å². The van der Waals surface area contributed by atoms with Crippen molar-refractivity contribution in [1.29, 1.82) is 0 Å². The number of carbonyl (C=O) groups is 2. The van der Waals surface area contributed by atoms with Gasteiger partial charge >= 0.3 is 5.97 Å². The molecule has 0 saturated heterocycles. The Balaban J connectivity index is 1.67. The van der Waals surface area contributed by atoms with Crippen molar-refractivity contribution >= 4 is 23.6 Å². The first-order valence-corrected chi connectivity index (χ1v) is 10.1. The number of esters is 1. The van der Waals surface area contributed by atoms with Crippen LogP contribution in [0.5, 0.6) is 0 Å². The molecule has 1 heterocycles. The Labute approximate surface area is 172 Å². The molecular weight excluding hydrogens is 390 g/mol. The van der Waals surface area contributed by atoms with Crippen LogP contribution in [-0.2, 0) is 15.3 Å². The minimum atomic E-state index is -0.472. The maximum absolute atomic E-state index is 12.5. The molecular formula is C20H21N5O3S. The number of benzene rings is 2. The fraction of sp³-hybridized carbons (Fsp3) is 0.250. The average Bonchev–Trinajstić information content (AvgIpc) is 3.19. The van der Waals surface area contributed by atoms with Gasteiger partial charge in [-0.1, -0.05) is 30.3 Å². The van der Waals surface area contributed by atoms with Crippen LogP contribution in [-0.4, -0.2) is 44.7 Å². The molecule has 0 aliphatic heterocycles. The van der Waals surface area contributed by atoms with Gasteiger partial charge in [-0.2, -0.15) is 4.68 Å². The van der Waals surface area contributed by atoms with Gasteiger partial charge in [-0.3, -0.25) is 9.59 Å². The van der Waals surface area contributed by atoms with E-state index in [2.05, 4.69) is 20.8 Å². The second-order valence-electron chi connectivity index (χ2n) is 6.35. The number of ether oxygens (including phenoxy) is 1. The Morgan fingerprint density at radius 1 is 1.10 bits per heavy atom. The van der Waals surface area contributed by atoms with Gasteiger partial charge in [0.1, 0.15) is 6.54 Å². The van der Waals surface area contributed by atoms with Gasteiger partial charge in [-0.05, 0) is 48.5 Å². The first-order valence-electron chi connectivity index (χ1n) is 9.07. The van der Waals surface area contributed by atoms with Crippen LogP contribution in [0.2, 0.25) is 0 Å². The van der Waals surface area contributed by atoms with Crippen LogP contribution >= 0.6 is 11.8 Å². The fourth-order valence-corrected chi connectivity index (χ4v) is 3.50. The maximum Gasteiger partial charge on any atom is 0.325 e. The van der Waals surface area contributed by atoms with Crippen LogP contribution in [0.25, 0.3) is 5.69 Å². The number of aromatic nitrogens is 4. The predicted molar refractivity (Wildman–Crippen MR) is 109 cm³/mol. The third-order valence-corrected chi connectivity index (χ3v) is 4.85. The van der Waals surface area contributed by atoms with E-state index in [1.807, 2.05) is 42.5 Å². The summed E-state index contributed by atoms with van der Waals surface area (Å²) < 4.78 is 6.70. The third-order valence-electron chi connectivity index (χ3n) is 3.78. The highest BCUT2D eigenvalue weighted by atomic mass is 32.2. The maximum atomic E-state index is 12.5. The first-order chi connectivity index (χ1) is 14.0. The molecule has 0 atom stereocenters. The lowest BCUT2D eigenvalue weighted by atomic mass is 10.2. The molecule has 0 saturated carbocycles. The molecule has 1 N–H and O–H groups in total. The highest BCUT2D eigenvalue weighted by Gasteiger charge is 2.15. The number of thioether (sulfide) groups is 1. The Bertz CT molecular complexity index is 975. The number of tetrazole rings is 1. The lowest BCUT2D eigenvalue weighted by Crippen LogP contribution is -2.32. The zero-order valence-corrected chi connectivity index (χ0v) is 16.9. The molecule has 3 rings (SSSR count). The second kappa shape index (κ2) is 9.83. The van der Waals surface area contributed by atoms with E-state index in [0.29, 0.717) is 17.1 Å². The molecule has 0 spiro atoms. The zero-order valence-electron chi connectivity index (χ0n) is 16.1. The Morgan fingerprint density at radius 3 is 2.59 bits per heavy atom. The molecule has 8 nitrogen and oxygen atoms in total. The summed E-state index contributed by atoms with van der Waals surface area (Å²) in [5.74, 6) is 0.329. The van der Waals surface area contributed by atoms with E-state index >= 15 is 0 Å². The third kappa shape index (κ3) is 5.64. The summed E-state index contributed by atoms with van der Waals surface area (Å²) in [4.78, 5) is 25.0. The molecule has 29 heavy (non-hydrogen) atoms. The number of carbonyl (C=O) groups excluding carboxylic acids is 2. The van der Waals surface area contributed by atoms with E-state index in [1.165, 1.54) is 11.8 Å². The minimum absolute atomic E-state index is 0.178. The van der Waals surface area contributed by atoms with Crippen molar-refractivity contribution in [1.82, 2.24) is 25.5 Å². The van der Waals surface area contributed by atoms with E-state index < -0.39 is 5.97 Å². The highest BCUT2D eigenvalue weighted by molar-refractivity contribution is 7.98. The summed E-state index contributed by atoms with van der Waals surface area (Å²) in [5, 5.41) is 14.5. The normalized spacial score (nSPS) is 10.7. The smallest absolute Gasteiger partial charge is 0.325 e. The van der Waals surface area contributed by atoms with Gasteiger partial charge < -0.3 is 10.1 Å². The summed E-state index contributed by atoms with van der Waals surface area (Å²) in [6.45, 7) is 3.34. The topological polar surface area (TPSA) is 99.0 Å². The predicted octanol–water partition coefficient (Wildman–Crippen LogP) is 2.64. The van der Waals surface area contributed by atoms with Gasteiger partial charge in [-0.15, -0.1) is 16.9 Å². The molecule has 9 heteroatoms.